The Labute approximate surface area is 86.0 Å². The summed E-state index contributed by atoms with van der Waals surface area (Å²) in [5.74, 6) is 0. The van der Waals surface area contributed by atoms with Gasteiger partial charge in [0.05, 0.1) is 17.3 Å². The minimum atomic E-state index is 0.582. The molecule has 2 aromatic rings. The second-order valence-corrected chi connectivity index (χ2v) is 3.26. The molecule has 4 heteroatoms. The van der Waals surface area contributed by atoms with Crippen molar-refractivity contribution >= 4 is 22.5 Å². The highest BCUT2D eigenvalue weighted by atomic mass is 35.5. The van der Waals surface area contributed by atoms with Crippen molar-refractivity contribution in [2.45, 2.75) is 0 Å². The van der Waals surface area contributed by atoms with Gasteiger partial charge < -0.3 is 4.84 Å². The van der Waals surface area contributed by atoms with Crippen molar-refractivity contribution in [1.82, 2.24) is 4.73 Å². The maximum Gasteiger partial charge on any atom is 0.104 e. The fraction of sp³-hybridized carbons (Fsp3) is 0.100. The molecule has 1 aromatic heterocycles. The predicted molar refractivity (Wildman–Crippen MR) is 54.2 cm³/mol. The zero-order valence-corrected chi connectivity index (χ0v) is 8.25. The van der Waals surface area contributed by atoms with Gasteiger partial charge in [-0.15, -0.1) is 0 Å². The number of hydrogen-bond acceptors (Lipinski definition) is 2. The lowest BCUT2D eigenvalue weighted by Crippen LogP contribution is -2.02. The van der Waals surface area contributed by atoms with Gasteiger partial charge in [0.1, 0.15) is 13.2 Å². The highest BCUT2D eigenvalue weighted by Gasteiger charge is 2.08. The van der Waals surface area contributed by atoms with Crippen LogP contribution in [-0.4, -0.2) is 11.8 Å². The van der Waals surface area contributed by atoms with Crippen molar-refractivity contribution in [3.8, 4) is 6.07 Å². The van der Waals surface area contributed by atoms with Crippen LogP contribution >= 0.6 is 11.6 Å². The third-order valence-electron chi connectivity index (χ3n) is 2.05. The molecule has 0 aliphatic heterocycles. The highest BCUT2D eigenvalue weighted by Crippen LogP contribution is 2.23. The molecule has 0 fully saturated rings. The van der Waals surface area contributed by atoms with Crippen molar-refractivity contribution in [2.24, 2.45) is 0 Å². The van der Waals surface area contributed by atoms with E-state index in [2.05, 4.69) is 6.07 Å². The Balaban J connectivity index is 2.84. The van der Waals surface area contributed by atoms with Crippen LogP contribution in [0.4, 0.5) is 0 Å². The summed E-state index contributed by atoms with van der Waals surface area (Å²) in [5, 5.41) is 10.3. The summed E-state index contributed by atoms with van der Waals surface area (Å²) in [6.07, 6.45) is 1.64. The molecule has 0 spiro atoms. The highest BCUT2D eigenvalue weighted by molar-refractivity contribution is 6.31. The Hall–Kier alpha value is -1.66. The average Bonchev–Trinajstić information content (AvgIpc) is 2.55. The topological polar surface area (TPSA) is 38.0 Å². The molecule has 0 unspecified atom stereocenters. The molecule has 0 bridgehead atoms. The van der Waals surface area contributed by atoms with Crippen LogP contribution in [0.2, 0.25) is 5.02 Å². The minimum absolute atomic E-state index is 0.582. The zero-order chi connectivity index (χ0) is 10.1. The third kappa shape index (κ3) is 1.21. The molecule has 0 aliphatic carbocycles. The van der Waals surface area contributed by atoms with E-state index >= 15 is 0 Å². The molecule has 1 aromatic carbocycles. The lowest BCUT2D eigenvalue weighted by atomic mass is 10.2. The van der Waals surface area contributed by atoms with Crippen molar-refractivity contribution in [2.75, 3.05) is 7.11 Å². The summed E-state index contributed by atoms with van der Waals surface area (Å²) in [6.45, 7) is 0. The number of nitriles is 1. The normalized spacial score (nSPS) is 10.1. The fourth-order valence-electron chi connectivity index (χ4n) is 1.41. The molecule has 14 heavy (non-hydrogen) atoms. The maximum atomic E-state index is 8.86. The van der Waals surface area contributed by atoms with Gasteiger partial charge in [0, 0.05) is 10.4 Å². The van der Waals surface area contributed by atoms with Gasteiger partial charge in [0.2, 0.25) is 0 Å². The van der Waals surface area contributed by atoms with Crippen molar-refractivity contribution in [3.05, 3.63) is 35.0 Å². The average molecular weight is 207 g/mol. The largest absolute Gasteiger partial charge is 0.417 e. The summed E-state index contributed by atoms with van der Waals surface area (Å²) in [6, 6.07) is 7.43. The minimum Gasteiger partial charge on any atom is -0.417 e. The van der Waals surface area contributed by atoms with Crippen molar-refractivity contribution in [3.63, 3.8) is 0 Å². The molecule has 0 saturated carbocycles. The molecule has 0 N–H and O–H groups in total. The van der Waals surface area contributed by atoms with Gasteiger partial charge in [0.25, 0.3) is 0 Å². The zero-order valence-electron chi connectivity index (χ0n) is 7.49. The molecule has 2 rings (SSSR count). The van der Waals surface area contributed by atoms with Crippen LogP contribution in [-0.2, 0) is 0 Å². The molecule has 0 aliphatic rings. The first kappa shape index (κ1) is 8.92. The summed E-state index contributed by atoms with van der Waals surface area (Å²) in [7, 11) is 1.54. The van der Waals surface area contributed by atoms with Crippen LogP contribution in [0.5, 0.6) is 0 Å². The van der Waals surface area contributed by atoms with E-state index in [1.54, 1.807) is 25.4 Å². The number of nitrogens with zero attached hydrogens (tertiary/aromatic N) is 2. The van der Waals surface area contributed by atoms with E-state index in [-0.39, 0.29) is 0 Å². The monoisotopic (exact) mass is 206 g/mol. The molecule has 0 radical (unpaired) electrons. The second kappa shape index (κ2) is 3.24. The van der Waals surface area contributed by atoms with Gasteiger partial charge >= 0.3 is 0 Å². The van der Waals surface area contributed by atoms with Crippen LogP contribution in [0.25, 0.3) is 10.9 Å². The van der Waals surface area contributed by atoms with E-state index < -0.39 is 0 Å². The van der Waals surface area contributed by atoms with Crippen molar-refractivity contribution in [1.29, 1.82) is 5.26 Å². The van der Waals surface area contributed by atoms with Gasteiger partial charge in [0.15, 0.2) is 0 Å². The smallest absolute Gasteiger partial charge is 0.104 e. The molecule has 70 valence electrons. The Morgan fingerprint density at radius 2 is 2.29 bits per heavy atom. The first-order valence-electron chi connectivity index (χ1n) is 4.01. The first-order valence-corrected chi connectivity index (χ1v) is 4.39. The molecule has 0 saturated heterocycles. The van der Waals surface area contributed by atoms with E-state index in [0.717, 1.165) is 10.9 Å². The standard InChI is InChI=1S/C10H7ClN2O/c1-14-13-6-7(5-12)9-3-2-8(11)4-10(9)13/h2-4,6H,1H3. The Kier molecular flexibility index (Phi) is 2.06. The fourth-order valence-corrected chi connectivity index (χ4v) is 1.58. The number of aromatic nitrogens is 1. The maximum absolute atomic E-state index is 8.86. The summed E-state index contributed by atoms with van der Waals surface area (Å²) < 4.78 is 1.53. The van der Waals surface area contributed by atoms with E-state index in [9.17, 15) is 0 Å². The number of hydrogen-bond donors (Lipinski definition) is 0. The van der Waals surface area contributed by atoms with Gasteiger partial charge in [-0.2, -0.15) is 9.99 Å². The molecular formula is C10H7ClN2O. The molecule has 0 atom stereocenters. The van der Waals surface area contributed by atoms with E-state index in [1.165, 1.54) is 4.73 Å². The van der Waals surface area contributed by atoms with Gasteiger partial charge in [-0.1, -0.05) is 11.6 Å². The SMILES string of the molecule is COn1cc(C#N)c2ccc(Cl)cc21. The van der Waals surface area contributed by atoms with Crippen LogP contribution in [0.1, 0.15) is 5.56 Å². The van der Waals surface area contributed by atoms with Crippen LogP contribution in [0.3, 0.4) is 0 Å². The Morgan fingerprint density at radius 3 is 2.93 bits per heavy atom. The molecule has 3 nitrogen and oxygen atoms in total. The van der Waals surface area contributed by atoms with E-state index in [4.69, 9.17) is 21.7 Å². The third-order valence-corrected chi connectivity index (χ3v) is 2.29. The van der Waals surface area contributed by atoms with Crippen LogP contribution in [0.15, 0.2) is 24.4 Å². The Morgan fingerprint density at radius 1 is 1.50 bits per heavy atom. The van der Waals surface area contributed by atoms with Crippen LogP contribution in [0, 0.1) is 11.3 Å². The van der Waals surface area contributed by atoms with E-state index in [1.807, 2.05) is 6.07 Å². The van der Waals surface area contributed by atoms with Crippen LogP contribution < -0.4 is 4.84 Å². The Bertz CT molecular complexity index is 525. The molecule has 0 amide bonds. The number of halogens is 1. The molecule has 1 heterocycles. The lowest BCUT2D eigenvalue weighted by molar-refractivity contribution is 0.179. The van der Waals surface area contributed by atoms with Crippen molar-refractivity contribution < 1.29 is 4.84 Å². The van der Waals surface area contributed by atoms with Gasteiger partial charge in [-0.05, 0) is 18.2 Å². The van der Waals surface area contributed by atoms with Gasteiger partial charge in [-0.25, -0.2) is 0 Å². The number of rotatable bonds is 1. The molecular weight excluding hydrogens is 200 g/mol. The number of benzene rings is 1. The van der Waals surface area contributed by atoms with Gasteiger partial charge in [-0.3, -0.25) is 0 Å². The summed E-state index contributed by atoms with van der Waals surface area (Å²) >= 11 is 5.85. The van der Waals surface area contributed by atoms with E-state index in [0.29, 0.717) is 10.6 Å². The summed E-state index contributed by atoms with van der Waals surface area (Å²) in [4.78, 5) is 5.07. The quantitative estimate of drug-likeness (QED) is 0.718. The summed E-state index contributed by atoms with van der Waals surface area (Å²) in [5.41, 5.74) is 1.38. The number of fused-ring (bicyclic) bond motifs is 1. The lowest BCUT2D eigenvalue weighted by Gasteiger charge is -2.01. The predicted octanol–water partition coefficient (Wildman–Crippen LogP) is 2.22. The first-order chi connectivity index (χ1) is 6.76. The second-order valence-electron chi connectivity index (χ2n) is 2.82.